The summed E-state index contributed by atoms with van der Waals surface area (Å²) in [5.41, 5.74) is 2.25. The first-order valence-electron chi connectivity index (χ1n) is 8.79. The second kappa shape index (κ2) is 7.47. The molecule has 4 aromatic rings. The molecular formula is C20H17N7O2. The van der Waals surface area contributed by atoms with E-state index in [1.54, 1.807) is 23.0 Å². The van der Waals surface area contributed by atoms with Gasteiger partial charge in [0, 0.05) is 37.4 Å². The number of rotatable bonds is 4. The molecule has 0 fully saturated rings. The first kappa shape index (κ1) is 18.2. The molecule has 0 spiro atoms. The lowest BCUT2D eigenvalue weighted by Crippen LogP contribution is -2.20. The predicted molar refractivity (Wildman–Crippen MR) is 107 cm³/mol. The second-order valence-electron chi connectivity index (χ2n) is 6.37. The summed E-state index contributed by atoms with van der Waals surface area (Å²) in [5, 5.41) is 15.2. The van der Waals surface area contributed by atoms with Crippen LogP contribution < -0.4 is 10.6 Å². The maximum Gasteiger partial charge on any atom is 0.269 e. The number of hydrogen-bond acceptors (Lipinski definition) is 6. The van der Waals surface area contributed by atoms with Gasteiger partial charge in [-0.1, -0.05) is 17.3 Å². The van der Waals surface area contributed by atoms with Gasteiger partial charge >= 0.3 is 0 Å². The Kier molecular flexibility index (Phi) is 4.70. The fourth-order valence-electron chi connectivity index (χ4n) is 2.83. The van der Waals surface area contributed by atoms with Gasteiger partial charge in [-0.25, -0.2) is 4.98 Å². The summed E-state index contributed by atoms with van der Waals surface area (Å²) < 4.78 is 1.64. The van der Waals surface area contributed by atoms with E-state index in [4.69, 9.17) is 0 Å². The Morgan fingerprint density at radius 3 is 2.52 bits per heavy atom. The molecule has 9 heteroatoms. The minimum atomic E-state index is -0.363. The summed E-state index contributed by atoms with van der Waals surface area (Å²) in [4.78, 5) is 32.3. The van der Waals surface area contributed by atoms with E-state index in [9.17, 15) is 9.59 Å². The SMILES string of the molecule is CNC(=O)c1ccc(C(=O)Nc2cc3cc(-c4cn(C)nn4)ccc3cn2)cn1. The molecule has 1 aromatic carbocycles. The van der Waals surface area contributed by atoms with Gasteiger partial charge in [0.25, 0.3) is 11.8 Å². The average molecular weight is 387 g/mol. The molecular weight excluding hydrogens is 370 g/mol. The van der Waals surface area contributed by atoms with Crippen molar-refractivity contribution in [1.82, 2.24) is 30.3 Å². The lowest BCUT2D eigenvalue weighted by Gasteiger charge is -2.07. The van der Waals surface area contributed by atoms with Gasteiger partial charge in [0.1, 0.15) is 17.2 Å². The number of anilines is 1. The molecule has 0 saturated carbocycles. The molecule has 0 bridgehead atoms. The highest BCUT2D eigenvalue weighted by molar-refractivity contribution is 6.04. The highest BCUT2D eigenvalue weighted by Crippen LogP contribution is 2.24. The number of aryl methyl sites for hydroxylation is 1. The Morgan fingerprint density at radius 2 is 1.83 bits per heavy atom. The van der Waals surface area contributed by atoms with Crippen LogP contribution in [0.15, 0.2) is 55.0 Å². The summed E-state index contributed by atoms with van der Waals surface area (Å²) in [6, 6.07) is 10.7. The number of carbonyl (C=O) groups is 2. The van der Waals surface area contributed by atoms with Crippen LogP contribution in [-0.4, -0.2) is 43.8 Å². The van der Waals surface area contributed by atoms with Gasteiger partial charge in [-0.2, -0.15) is 0 Å². The molecule has 144 valence electrons. The minimum Gasteiger partial charge on any atom is -0.354 e. The molecule has 0 aliphatic heterocycles. The first-order chi connectivity index (χ1) is 14.0. The van der Waals surface area contributed by atoms with Crippen LogP contribution in [0.1, 0.15) is 20.8 Å². The summed E-state index contributed by atoms with van der Waals surface area (Å²) in [5.74, 6) is -0.265. The number of carbonyl (C=O) groups excluding carboxylic acids is 2. The normalized spacial score (nSPS) is 10.7. The van der Waals surface area contributed by atoms with Crippen molar-refractivity contribution in [1.29, 1.82) is 0 Å². The van der Waals surface area contributed by atoms with E-state index >= 15 is 0 Å². The monoisotopic (exact) mass is 387 g/mol. The molecule has 0 aliphatic carbocycles. The summed E-state index contributed by atoms with van der Waals surface area (Å²) >= 11 is 0. The highest BCUT2D eigenvalue weighted by atomic mass is 16.2. The molecule has 2 amide bonds. The lowest BCUT2D eigenvalue weighted by molar-refractivity contribution is 0.0955. The standard InChI is InChI=1S/C20H17N7O2/c1-21-20(29)16-6-5-14(10-22-16)19(28)24-18-8-15-7-12(3-4-13(15)9-23-18)17-11-27(2)26-25-17/h3-11H,1-2H3,(H,21,29)(H,23,24,28). The Bertz CT molecular complexity index is 1220. The van der Waals surface area contributed by atoms with E-state index < -0.39 is 0 Å². The zero-order valence-corrected chi connectivity index (χ0v) is 15.7. The molecule has 0 atom stereocenters. The van der Waals surface area contributed by atoms with E-state index in [1.807, 2.05) is 31.4 Å². The quantitative estimate of drug-likeness (QED) is 0.554. The van der Waals surface area contributed by atoms with Gasteiger partial charge in [0.15, 0.2) is 0 Å². The van der Waals surface area contributed by atoms with Crippen LogP contribution in [0.3, 0.4) is 0 Å². The molecule has 3 heterocycles. The van der Waals surface area contributed by atoms with Crippen LogP contribution in [0.2, 0.25) is 0 Å². The van der Waals surface area contributed by atoms with E-state index in [2.05, 4.69) is 30.9 Å². The summed E-state index contributed by atoms with van der Waals surface area (Å²) in [6.07, 6.45) is 4.88. The predicted octanol–water partition coefficient (Wildman–Crippen LogP) is 2.04. The topological polar surface area (TPSA) is 115 Å². The molecule has 4 rings (SSSR count). The molecule has 0 aliphatic rings. The van der Waals surface area contributed by atoms with Crippen molar-refractivity contribution < 1.29 is 9.59 Å². The maximum atomic E-state index is 12.5. The van der Waals surface area contributed by atoms with Crippen molar-refractivity contribution in [2.45, 2.75) is 0 Å². The van der Waals surface area contributed by atoms with Gasteiger partial charge in [0.05, 0.1) is 11.8 Å². The fraction of sp³-hybridized carbons (Fsp3) is 0.100. The fourth-order valence-corrected chi connectivity index (χ4v) is 2.83. The van der Waals surface area contributed by atoms with Gasteiger partial charge in [-0.05, 0) is 29.7 Å². The molecule has 0 unspecified atom stereocenters. The van der Waals surface area contributed by atoms with Crippen LogP contribution in [0.25, 0.3) is 22.0 Å². The minimum absolute atomic E-state index is 0.240. The van der Waals surface area contributed by atoms with Crippen molar-refractivity contribution in [3.63, 3.8) is 0 Å². The smallest absolute Gasteiger partial charge is 0.269 e. The zero-order valence-electron chi connectivity index (χ0n) is 15.7. The molecule has 0 saturated heterocycles. The van der Waals surface area contributed by atoms with Crippen molar-refractivity contribution >= 4 is 28.4 Å². The molecule has 2 N–H and O–H groups in total. The summed E-state index contributed by atoms with van der Waals surface area (Å²) in [6.45, 7) is 0. The number of nitrogens with one attached hydrogen (secondary N) is 2. The lowest BCUT2D eigenvalue weighted by atomic mass is 10.1. The Balaban J connectivity index is 1.57. The second-order valence-corrected chi connectivity index (χ2v) is 6.37. The van der Waals surface area contributed by atoms with E-state index in [1.165, 1.54) is 19.3 Å². The van der Waals surface area contributed by atoms with E-state index in [0.717, 1.165) is 22.0 Å². The molecule has 0 radical (unpaired) electrons. The van der Waals surface area contributed by atoms with Crippen LogP contribution in [0, 0.1) is 0 Å². The third kappa shape index (κ3) is 3.79. The Morgan fingerprint density at radius 1 is 0.966 bits per heavy atom. The third-order valence-corrected chi connectivity index (χ3v) is 4.35. The molecule has 9 nitrogen and oxygen atoms in total. The van der Waals surface area contributed by atoms with Crippen molar-refractivity contribution in [2.24, 2.45) is 7.05 Å². The first-order valence-corrected chi connectivity index (χ1v) is 8.79. The van der Waals surface area contributed by atoms with Crippen LogP contribution in [-0.2, 0) is 7.05 Å². The average Bonchev–Trinajstić information content (AvgIpc) is 3.19. The molecule has 3 aromatic heterocycles. The number of fused-ring (bicyclic) bond motifs is 1. The van der Waals surface area contributed by atoms with Crippen molar-refractivity contribution in [3.05, 3.63) is 66.2 Å². The number of aromatic nitrogens is 5. The van der Waals surface area contributed by atoms with Crippen molar-refractivity contribution in [3.8, 4) is 11.3 Å². The van der Waals surface area contributed by atoms with E-state index in [0.29, 0.717) is 11.4 Å². The van der Waals surface area contributed by atoms with Crippen LogP contribution >= 0.6 is 0 Å². The Hall–Kier alpha value is -4.14. The number of hydrogen-bond donors (Lipinski definition) is 2. The van der Waals surface area contributed by atoms with Gasteiger partial charge in [-0.15, -0.1) is 5.10 Å². The number of benzene rings is 1. The maximum absolute atomic E-state index is 12.5. The van der Waals surface area contributed by atoms with Crippen molar-refractivity contribution in [2.75, 3.05) is 12.4 Å². The zero-order chi connectivity index (χ0) is 20.4. The van der Waals surface area contributed by atoms with E-state index in [-0.39, 0.29) is 17.5 Å². The highest BCUT2D eigenvalue weighted by Gasteiger charge is 2.11. The number of pyridine rings is 2. The third-order valence-electron chi connectivity index (χ3n) is 4.35. The van der Waals surface area contributed by atoms with Gasteiger partial charge in [-0.3, -0.25) is 19.3 Å². The molecule has 29 heavy (non-hydrogen) atoms. The summed E-state index contributed by atoms with van der Waals surface area (Å²) in [7, 11) is 3.33. The number of amides is 2. The van der Waals surface area contributed by atoms with Gasteiger partial charge in [0.2, 0.25) is 0 Å². The van der Waals surface area contributed by atoms with Crippen LogP contribution in [0.4, 0.5) is 5.82 Å². The van der Waals surface area contributed by atoms with Crippen LogP contribution in [0.5, 0.6) is 0 Å². The Labute approximate surface area is 165 Å². The number of nitrogens with zero attached hydrogens (tertiary/aromatic N) is 5. The van der Waals surface area contributed by atoms with Gasteiger partial charge < -0.3 is 10.6 Å². The largest absolute Gasteiger partial charge is 0.354 e.